The van der Waals surface area contributed by atoms with Crippen LogP contribution in [0, 0.1) is 11.8 Å². The molecule has 1 aliphatic carbocycles. The van der Waals surface area contributed by atoms with Crippen LogP contribution in [0.5, 0.6) is 0 Å². The smallest absolute Gasteiger partial charge is 0.291 e. The van der Waals surface area contributed by atoms with Crippen molar-refractivity contribution < 1.29 is 18.4 Å². The lowest BCUT2D eigenvalue weighted by atomic mass is 9.84. The molecule has 9 heteroatoms. The van der Waals surface area contributed by atoms with Crippen molar-refractivity contribution in [1.29, 1.82) is 0 Å². The maximum Gasteiger partial charge on any atom is 0.291 e. The van der Waals surface area contributed by atoms with Crippen LogP contribution in [-0.2, 0) is 4.79 Å². The van der Waals surface area contributed by atoms with Crippen LogP contribution in [0.15, 0.2) is 6.33 Å². The highest BCUT2D eigenvalue weighted by atomic mass is 19.3. The van der Waals surface area contributed by atoms with Gasteiger partial charge < -0.3 is 9.80 Å². The molecule has 2 amide bonds. The number of alkyl halides is 2. The Bertz CT molecular complexity index is 665. The summed E-state index contributed by atoms with van der Waals surface area (Å²) >= 11 is 0. The molecule has 3 atom stereocenters. The van der Waals surface area contributed by atoms with Gasteiger partial charge in [0.25, 0.3) is 11.8 Å². The predicted molar refractivity (Wildman–Crippen MR) is 82.8 cm³/mol. The number of amides is 2. The molecule has 1 aromatic heterocycles. The van der Waals surface area contributed by atoms with Gasteiger partial charge >= 0.3 is 0 Å². The lowest BCUT2D eigenvalue weighted by Gasteiger charge is -2.35. The van der Waals surface area contributed by atoms with Crippen molar-refractivity contribution in [3.05, 3.63) is 12.2 Å². The van der Waals surface area contributed by atoms with Gasteiger partial charge in [0, 0.05) is 32.0 Å². The quantitative estimate of drug-likeness (QED) is 0.869. The number of carbonyl (C=O) groups excluding carboxylic acids is 2. The number of rotatable bonds is 2. The van der Waals surface area contributed by atoms with E-state index in [1.807, 2.05) is 0 Å². The largest absolute Gasteiger partial charge is 0.337 e. The number of likely N-dealkylation sites (tertiary alicyclic amines) is 2. The minimum Gasteiger partial charge on any atom is -0.337 e. The van der Waals surface area contributed by atoms with Crippen LogP contribution in [0.4, 0.5) is 8.78 Å². The Morgan fingerprint density at radius 1 is 1.24 bits per heavy atom. The Morgan fingerprint density at radius 3 is 2.80 bits per heavy atom. The second-order valence-corrected chi connectivity index (χ2v) is 7.25. The summed E-state index contributed by atoms with van der Waals surface area (Å²) in [6.07, 6.45) is 3.20. The van der Waals surface area contributed by atoms with E-state index in [1.165, 1.54) is 6.33 Å². The average Bonchev–Trinajstić information content (AvgIpc) is 3.29. The van der Waals surface area contributed by atoms with Gasteiger partial charge in [0.1, 0.15) is 12.2 Å². The molecule has 0 bridgehead atoms. The Morgan fingerprint density at radius 2 is 2.08 bits per heavy atom. The maximum atomic E-state index is 14.2. The van der Waals surface area contributed by atoms with Crippen LogP contribution in [0.2, 0.25) is 0 Å². The van der Waals surface area contributed by atoms with Crippen molar-refractivity contribution in [3.63, 3.8) is 0 Å². The second-order valence-electron chi connectivity index (χ2n) is 7.25. The SMILES string of the molecule is O=C(c1ncn[nH]1)N1C[C@@H]2CCN(C(=O)[C@@H]3CCCCC3(F)F)[C@@H]2C1. The van der Waals surface area contributed by atoms with Crippen LogP contribution in [0.25, 0.3) is 0 Å². The number of aromatic amines is 1. The van der Waals surface area contributed by atoms with Crippen LogP contribution in [-0.4, -0.2) is 68.4 Å². The standard InChI is InChI=1S/C16H21F2N5O2/c17-16(18)5-2-1-3-11(16)14(24)23-6-4-10-7-22(8-12(10)23)15(25)13-19-9-20-21-13/h9-12H,1-8H2,(H,19,20,21)/t10-,11-,12+/m0/s1. The fourth-order valence-corrected chi connectivity index (χ4v) is 4.46. The number of nitrogens with one attached hydrogen (secondary N) is 1. The van der Waals surface area contributed by atoms with Gasteiger partial charge in [0.05, 0.1) is 6.04 Å². The third-order valence-corrected chi connectivity index (χ3v) is 5.80. The Labute approximate surface area is 143 Å². The first kappa shape index (κ1) is 16.4. The first-order chi connectivity index (χ1) is 12.0. The second kappa shape index (κ2) is 6.03. The number of carbonyl (C=O) groups is 2. The Kier molecular flexibility index (Phi) is 3.96. The van der Waals surface area contributed by atoms with E-state index in [-0.39, 0.29) is 36.5 Å². The van der Waals surface area contributed by atoms with Gasteiger partial charge in [-0.15, -0.1) is 0 Å². The molecule has 136 valence electrons. The maximum absolute atomic E-state index is 14.2. The van der Waals surface area contributed by atoms with E-state index in [2.05, 4.69) is 15.2 Å². The Balaban J connectivity index is 1.46. The average molecular weight is 353 g/mol. The molecule has 1 saturated carbocycles. The van der Waals surface area contributed by atoms with E-state index >= 15 is 0 Å². The summed E-state index contributed by atoms with van der Waals surface area (Å²) in [6, 6.07) is -0.169. The van der Waals surface area contributed by atoms with Crippen LogP contribution in [0.1, 0.15) is 42.7 Å². The van der Waals surface area contributed by atoms with Gasteiger partial charge in [0.15, 0.2) is 0 Å². The summed E-state index contributed by atoms with van der Waals surface area (Å²) in [5.74, 6) is -4.52. The summed E-state index contributed by atoms with van der Waals surface area (Å²) in [5.41, 5.74) is 0. The molecule has 0 radical (unpaired) electrons. The van der Waals surface area contributed by atoms with Crippen LogP contribution >= 0.6 is 0 Å². The minimum absolute atomic E-state index is 0.146. The molecule has 0 unspecified atom stereocenters. The fraction of sp³-hybridized carbons (Fsp3) is 0.750. The van der Waals surface area contributed by atoms with E-state index in [4.69, 9.17) is 0 Å². The highest BCUT2D eigenvalue weighted by molar-refractivity contribution is 5.90. The molecule has 0 spiro atoms. The molecular weight excluding hydrogens is 332 g/mol. The zero-order chi connectivity index (χ0) is 17.6. The topological polar surface area (TPSA) is 82.2 Å². The van der Waals surface area contributed by atoms with E-state index in [9.17, 15) is 18.4 Å². The van der Waals surface area contributed by atoms with Gasteiger partial charge in [0.2, 0.25) is 11.7 Å². The Hall–Kier alpha value is -2.06. The van der Waals surface area contributed by atoms with Crippen molar-refractivity contribution in [1.82, 2.24) is 25.0 Å². The molecule has 1 N–H and O–H groups in total. The van der Waals surface area contributed by atoms with Gasteiger partial charge in [-0.05, 0) is 19.3 Å². The van der Waals surface area contributed by atoms with Crippen molar-refractivity contribution in [3.8, 4) is 0 Å². The van der Waals surface area contributed by atoms with E-state index in [0.29, 0.717) is 32.5 Å². The van der Waals surface area contributed by atoms with Gasteiger partial charge in [-0.3, -0.25) is 14.7 Å². The lowest BCUT2D eigenvalue weighted by Crippen LogP contribution is -2.49. The van der Waals surface area contributed by atoms with E-state index < -0.39 is 17.7 Å². The summed E-state index contributed by atoms with van der Waals surface area (Å²) in [7, 11) is 0. The van der Waals surface area contributed by atoms with Gasteiger partial charge in [-0.1, -0.05) is 6.42 Å². The normalized spacial score (nSPS) is 31.2. The predicted octanol–water partition coefficient (Wildman–Crippen LogP) is 1.30. The molecular formula is C16H21F2N5O2. The van der Waals surface area contributed by atoms with Gasteiger partial charge in [-0.25, -0.2) is 13.8 Å². The number of hydrogen-bond acceptors (Lipinski definition) is 4. The number of nitrogens with zero attached hydrogens (tertiary/aromatic N) is 4. The minimum atomic E-state index is -2.92. The first-order valence-electron chi connectivity index (χ1n) is 8.80. The molecule has 25 heavy (non-hydrogen) atoms. The summed E-state index contributed by atoms with van der Waals surface area (Å²) < 4.78 is 28.4. The summed E-state index contributed by atoms with van der Waals surface area (Å²) in [6.45, 7) is 1.40. The number of aromatic nitrogens is 3. The summed E-state index contributed by atoms with van der Waals surface area (Å²) in [4.78, 5) is 32.3. The first-order valence-corrected chi connectivity index (χ1v) is 8.80. The molecule has 2 aliphatic heterocycles. The lowest BCUT2D eigenvalue weighted by molar-refractivity contribution is -0.156. The van der Waals surface area contributed by atoms with E-state index in [0.717, 1.165) is 6.42 Å². The third-order valence-electron chi connectivity index (χ3n) is 5.80. The van der Waals surface area contributed by atoms with E-state index in [1.54, 1.807) is 9.80 Å². The van der Waals surface area contributed by atoms with Crippen molar-refractivity contribution in [2.75, 3.05) is 19.6 Å². The fourth-order valence-electron chi connectivity index (χ4n) is 4.46. The van der Waals surface area contributed by atoms with Crippen LogP contribution < -0.4 is 0 Å². The molecule has 1 aromatic rings. The molecule has 3 heterocycles. The molecule has 3 aliphatic rings. The monoisotopic (exact) mass is 353 g/mol. The van der Waals surface area contributed by atoms with Crippen molar-refractivity contribution >= 4 is 11.8 Å². The highest BCUT2D eigenvalue weighted by Crippen LogP contribution is 2.42. The molecule has 2 saturated heterocycles. The number of fused-ring (bicyclic) bond motifs is 1. The molecule has 7 nitrogen and oxygen atoms in total. The molecule has 4 rings (SSSR count). The number of hydrogen-bond donors (Lipinski definition) is 1. The number of H-pyrrole nitrogens is 1. The molecule has 0 aromatic carbocycles. The summed E-state index contributed by atoms with van der Waals surface area (Å²) in [5, 5.41) is 6.22. The number of halogens is 2. The van der Waals surface area contributed by atoms with Crippen molar-refractivity contribution in [2.45, 2.75) is 44.1 Å². The van der Waals surface area contributed by atoms with Crippen molar-refractivity contribution in [2.24, 2.45) is 11.8 Å². The zero-order valence-electron chi connectivity index (χ0n) is 13.8. The van der Waals surface area contributed by atoms with Crippen LogP contribution in [0.3, 0.4) is 0 Å². The van der Waals surface area contributed by atoms with Gasteiger partial charge in [-0.2, -0.15) is 5.10 Å². The molecule has 3 fully saturated rings. The third kappa shape index (κ3) is 2.79. The zero-order valence-corrected chi connectivity index (χ0v) is 13.8. The highest BCUT2D eigenvalue weighted by Gasteiger charge is 2.52.